The van der Waals surface area contributed by atoms with Gasteiger partial charge in [-0.15, -0.1) is 0 Å². The van der Waals surface area contributed by atoms with Crippen LogP contribution in [0, 0.1) is 34.5 Å². The van der Waals surface area contributed by atoms with E-state index < -0.39 is 6.17 Å². The Balaban J connectivity index is 1.64. The van der Waals surface area contributed by atoms with Gasteiger partial charge in [0.2, 0.25) is 0 Å². The predicted molar refractivity (Wildman–Crippen MR) is 81.6 cm³/mol. The highest BCUT2D eigenvalue weighted by molar-refractivity contribution is 5.79. The number of fused-ring (bicyclic) bond motifs is 5. The monoisotopic (exact) mass is 292 g/mol. The lowest BCUT2D eigenvalue weighted by molar-refractivity contribution is -0.139. The fraction of sp³-hybridized carbons (Fsp3) is 0.947. The van der Waals surface area contributed by atoms with E-state index in [9.17, 15) is 9.18 Å². The molecule has 0 heterocycles. The number of Topliss-reactive ketones (excluding diaryl/α,β-unsaturated/α-hetero) is 1. The lowest BCUT2D eigenvalue weighted by Gasteiger charge is -2.59. The molecule has 0 saturated heterocycles. The number of halogens is 1. The van der Waals surface area contributed by atoms with Crippen molar-refractivity contribution in [2.45, 2.75) is 77.8 Å². The summed E-state index contributed by atoms with van der Waals surface area (Å²) in [4.78, 5) is 11.8. The summed E-state index contributed by atoms with van der Waals surface area (Å²) in [6.45, 7) is 4.69. The fourth-order valence-corrected chi connectivity index (χ4v) is 6.98. The summed E-state index contributed by atoms with van der Waals surface area (Å²) in [5.74, 6) is 3.21. The summed E-state index contributed by atoms with van der Waals surface area (Å²) in [6.07, 6.45) is 8.81. The minimum atomic E-state index is -0.568. The number of carbonyl (C=O) groups is 1. The number of carbonyl (C=O) groups excluding carboxylic acids is 1. The van der Waals surface area contributed by atoms with Crippen molar-refractivity contribution in [1.29, 1.82) is 0 Å². The van der Waals surface area contributed by atoms with Crippen LogP contribution in [-0.2, 0) is 4.79 Å². The third-order valence-corrected chi connectivity index (χ3v) is 8.37. The topological polar surface area (TPSA) is 17.1 Å². The average Bonchev–Trinajstić information content (AvgIpc) is 2.76. The van der Waals surface area contributed by atoms with Gasteiger partial charge in [-0.25, -0.2) is 4.39 Å². The first kappa shape index (κ1) is 14.2. The van der Waals surface area contributed by atoms with Crippen molar-refractivity contribution >= 4 is 5.78 Å². The summed E-state index contributed by atoms with van der Waals surface area (Å²) >= 11 is 0. The lowest BCUT2D eigenvalue weighted by atomic mass is 9.45. The Kier molecular flexibility index (Phi) is 3.08. The van der Waals surface area contributed by atoms with Gasteiger partial charge in [-0.05, 0) is 74.0 Å². The van der Waals surface area contributed by atoms with Crippen molar-refractivity contribution in [3.05, 3.63) is 0 Å². The summed E-state index contributed by atoms with van der Waals surface area (Å²) in [7, 11) is 0. The largest absolute Gasteiger partial charge is 0.300 e. The normalized spacial score (nSPS) is 56.5. The summed E-state index contributed by atoms with van der Waals surface area (Å²) in [6, 6.07) is 0. The van der Waals surface area contributed by atoms with Crippen LogP contribution in [0.3, 0.4) is 0 Å². The Morgan fingerprint density at radius 2 is 1.71 bits per heavy atom. The van der Waals surface area contributed by atoms with Gasteiger partial charge in [0.05, 0.1) is 0 Å². The Labute approximate surface area is 128 Å². The van der Waals surface area contributed by atoms with Crippen molar-refractivity contribution in [2.24, 2.45) is 34.5 Å². The summed E-state index contributed by atoms with van der Waals surface area (Å²) in [5, 5.41) is 0. The van der Waals surface area contributed by atoms with Crippen LogP contribution in [0.15, 0.2) is 0 Å². The zero-order valence-electron chi connectivity index (χ0n) is 13.5. The van der Waals surface area contributed by atoms with Gasteiger partial charge in [0, 0.05) is 18.3 Å². The molecule has 4 saturated carbocycles. The van der Waals surface area contributed by atoms with Gasteiger partial charge in [0.1, 0.15) is 12.0 Å². The van der Waals surface area contributed by atoms with Crippen LogP contribution >= 0.6 is 0 Å². The Morgan fingerprint density at radius 1 is 0.952 bits per heavy atom. The van der Waals surface area contributed by atoms with Crippen molar-refractivity contribution in [3.8, 4) is 0 Å². The molecule has 4 rings (SSSR count). The predicted octanol–water partition coefficient (Wildman–Crippen LogP) is 4.94. The Hall–Kier alpha value is -0.400. The molecule has 2 heteroatoms. The van der Waals surface area contributed by atoms with Crippen LogP contribution in [0.4, 0.5) is 4.39 Å². The highest BCUT2D eigenvalue weighted by Crippen LogP contribution is 2.66. The van der Waals surface area contributed by atoms with E-state index in [1.54, 1.807) is 0 Å². The quantitative estimate of drug-likeness (QED) is 0.618. The second kappa shape index (κ2) is 4.55. The van der Waals surface area contributed by atoms with E-state index in [-0.39, 0.29) is 5.41 Å². The molecule has 0 aliphatic heterocycles. The second-order valence-electron chi connectivity index (χ2n) is 8.99. The Morgan fingerprint density at radius 3 is 2.52 bits per heavy atom. The molecule has 1 nitrogen and oxygen atoms in total. The van der Waals surface area contributed by atoms with Crippen LogP contribution in [-0.4, -0.2) is 12.0 Å². The maximum absolute atomic E-state index is 14.4. The Bertz CT molecular complexity index is 460. The van der Waals surface area contributed by atoms with Gasteiger partial charge < -0.3 is 0 Å². The van der Waals surface area contributed by atoms with E-state index in [4.69, 9.17) is 0 Å². The fourth-order valence-electron chi connectivity index (χ4n) is 6.98. The molecule has 0 N–H and O–H groups in total. The van der Waals surface area contributed by atoms with Gasteiger partial charge >= 0.3 is 0 Å². The van der Waals surface area contributed by atoms with Crippen molar-refractivity contribution in [3.63, 3.8) is 0 Å². The van der Waals surface area contributed by atoms with Crippen LogP contribution in [0.5, 0.6) is 0 Å². The average molecular weight is 292 g/mol. The van der Waals surface area contributed by atoms with Crippen LogP contribution in [0.2, 0.25) is 0 Å². The molecule has 0 amide bonds. The zero-order valence-corrected chi connectivity index (χ0v) is 13.5. The maximum atomic E-state index is 14.4. The van der Waals surface area contributed by atoms with E-state index in [1.807, 2.05) is 0 Å². The summed E-state index contributed by atoms with van der Waals surface area (Å²) < 4.78 is 14.4. The maximum Gasteiger partial charge on any atom is 0.133 e. The molecule has 0 aromatic carbocycles. The van der Waals surface area contributed by atoms with Crippen LogP contribution in [0.1, 0.15) is 71.6 Å². The van der Waals surface area contributed by atoms with E-state index in [2.05, 4.69) is 13.8 Å². The van der Waals surface area contributed by atoms with Crippen LogP contribution in [0.25, 0.3) is 0 Å². The molecule has 7 atom stereocenters. The molecule has 21 heavy (non-hydrogen) atoms. The lowest BCUT2D eigenvalue weighted by Crippen LogP contribution is -2.53. The molecular weight excluding hydrogens is 263 g/mol. The second-order valence-corrected chi connectivity index (χ2v) is 8.99. The minimum Gasteiger partial charge on any atom is -0.300 e. The summed E-state index contributed by atoms with van der Waals surface area (Å²) in [5.41, 5.74) is 0.335. The number of hydrogen-bond acceptors (Lipinski definition) is 1. The smallest absolute Gasteiger partial charge is 0.133 e. The highest BCUT2D eigenvalue weighted by Gasteiger charge is 2.60. The van der Waals surface area contributed by atoms with Gasteiger partial charge in [0.25, 0.3) is 0 Å². The standard InChI is InChI=1S/C19H29FO/c1-18-9-7-13(21)11-12(18)3-4-14-15-5-6-17(20)19(15,2)10-8-16(14)18/h12,14-17H,3-11H2,1-2H3/t12?,14?,15?,16?,17?,18-,19-/m0/s1. The number of rotatable bonds is 0. The minimum absolute atomic E-state index is 0.0329. The van der Waals surface area contributed by atoms with Crippen molar-refractivity contribution in [1.82, 2.24) is 0 Å². The van der Waals surface area contributed by atoms with E-state index >= 15 is 0 Å². The molecule has 0 bridgehead atoms. The van der Waals surface area contributed by atoms with Crippen LogP contribution < -0.4 is 0 Å². The first-order chi connectivity index (χ1) is 9.95. The molecule has 0 radical (unpaired) electrons. The zero-order chi connectivity index (χ0) is 14.8. The molecular formula is C19H29FO. The molecule has 4 aliphatic carbocycles. The highest BCUT2D eigenvalue weighted by atomic mass is 19.1. The van der Waals surface area contributed by atoms with E-state index in [0.717, 1.165) is 50.4 Å². The van der Waals surface area contributed by atoms with Gasteiger partial charge in [-0.3, -0.25) is 4.79 Å². The molecule has 0 aromatic heterocycles. The van der Waals surface area contributed by atoms with Crippen molar-refractivity contribution in [2.75, 3.05) is 0 Å². The number of hydrogen-bond donors (Lipinski definition) is 0. The van der Waals surface area contributed by atoms with Gasteiger partial charge in [-0.1, -0.05) is 13.8 Å². The van der Waals surface area contributed by atoms with Crippen molar-refractivity contribution < 1.29 is 9.18 Å². The first-order valence-electron chi connectivity index (χ1n) is 9.11. The number of alkyl halides is 1. The molecule has 4 fully saturated rings. The molecule has 5 unspecified atom stereocenters. The van der Waals surface area contributed by atoms with E-state index in [1.165, 1.54) is 19.3 Å². The molecule has 0 spiro atoms. The SMILES string of the molecule is C[C@]12CCC(=O)CC1CCC1C2CC[C@]2(C)C(F)CCC12. The molecule has 118 valence electrons. The van der Waals surface area contributed by atoms with Gasteiger partial charge in [-0.2, -0.15) is 0 Å². The third kappa shape index (κ3) is 1.83. The number of ketones is 1. The molecule has 4 aliphatic rings. The van der Waals surface area contributed by atoms with E-state index in [0.29, 0.717) is 23.0 Å². The third-order valence-electron chi connectivity index (χ3n) is 8.37. The molecule has 0 aromatic rings. The van der Waals surface area contributed by atoms with Gasteiger partial charge in [0.15, 0.2) is 0 Å². The first-order valence-corrected chi connectivity index (χ1v) is 9.11.